The van der Waals surface area contributed by atoms with E-state index in [-0.39, 0.29) is 11.9 Å². The van der Waals surface area contributed by atoms with Crippen molar-refractivity contribution in [2.75, 3.05) is 48.1 Å². The van der Waals surface area contributed by atoms with Crippen LogP contribution < -0.4 is 38.7 Å². The standard InChI is InChI=1S/C38H49N3O5.ClHO4/c1-6-25-23-40-14-12-26-19-34(43-2)36(45-4)21-29(26)32(40)17-28(25)18-33-30-22-37(46-5)35(44-3)20-27(30)13-15-41(33)38(42)31(39)16-24-10-8-7-9-11-24;2-1(3,4)5/h7-11,19-22,25,28,31-33H,6,12-18,23,39H2,1-5H3;(H,2,3,4,5). The minimum Gasteiger partial charge on any atom is -0.493 e. The van der Waals surface area contributed by atoms with Crippen molar-refractivity contribution in [3.8, 4) is 23.0 Å². The number of nitrogens with zero attached hydrogens (tertiary/aromatic N) is 2. The molecule has 1 amide bonds. The molecule has 1 saturated heterocycles. The molecule has 6 rings (SSSR count). The molecule has 3 aliphatic heterocycles. The zero-order valence-electron chi connectivity index (χ0n) is 30.0. The minimum absolute atomic E-state index is 0.0135. The predicted octanol–water partition coefficient (Wildman–Crippen LogP) is 1.63. The van der Waals surface area contributed by atoms with Gasteiger partial charge in [-0.05, 0) is 96.0 Å². The van der Waals surface area contributed by atoms with E-state index in [2.05, 4.69) is 41.0 Å². The topological polar surface area (TPSA) is 176 Å². The lowest BCUT2D eigenvalue weighted by atomic mass is 9.72. The Balaban J connectivity index is 0.000000943. The van der Waals surface area contributed by atoms with Gasteiger partial charge in [0.15, 0.2) is 23.0 Å². The fourth-order valence-electron chi connectivity index (χ4n) is 8.26. The van der Waals surface area contributed by atoms with Crippen molar-refractivity contribution >= 4 is 5.91 Å². The summed E-state index contributed by atoms with van der Waals surface area (Å²) >= 11 is 0. The lowest BCUT2D eigenvalue weighted by Gasteiger charge is -2.49. The highest BCUT2D eigenvalue weighted by atomic mass is 35.7. The Labute approximate surface area is 302 Å². The Bertz CT molecular complexity index is 1630. The molecule has 0 spiro atoms. The van der Waals surface area contributed by atoms with Crippen LogP contribution in [0.1, 0.15) is 66.1 Å². The number of amides is 1. The number of hydrogen-bond acceptors (Lipinski definition) is 11. The van der Waals surface area contributed by atoms with E-state index in [4.69, 9.17) is 43.3 Å². The number of methoxy groups -OCH3 is 4. The third kappa shape index (κ3) is 9.07. The second-order valence-corrected chi connectivity index (χ2v) is 14.3. The van der Waals surface area contributed by atoms with Crippen LogP contribution in [0.25, 0.3) is 0 Å². The van der Waals surface area contributed by atoms with Gasteiger partial charge in [-0.2, -0.15) is 14.0 Å². The Morgan fingerprint density at radius 2 is 1.39 bits per heavy atom. The highest BCUT2D eigenvalue weighted by molar-refractivity contribution is 5.83. The smallest absolute Gasteiger partial charge is 0.240 e. The van der Waals surface area contributed by atoms with Gasteiger partial charge in [0.2, 0.25) is 5.91 Å². The summed E-state index contributed by atoms with van der Waals surface area (Å²) in [5.74, 6) is 3.94. The molecule has 3 N–H and O–H groups in total. The molecule has 0 saturated carbocycles. The number of piperidine rings is 1. The SMILES string of the molecule is CCC1CN2CCc3cc(OC)c(OC)cc3C2CC1CC1c2cc(OC)c(OC)cc2CCN1C(=O)C(N)Cc1ccccc1.[O-][Cl+3]([O-])([O-])O. The molecular weight excluding hydrogens is 678 g/mol. The summed E-state index contributed by atoms with van der Waals surface area (Å²) in [5, 5.41) is 0. The van der Waals surface area contributed by atoms with Crippen LogP contribution in [0.3, 0.4) is 0 Å². The third-order valence-electron chi connectivity index (χ3n) is 10.7. The Morgan fingerprint density at radius 1 is 0.863 bits per heavy atom. The van der Waals surface area contributed by atoms with E-state index in [1.54, 1.807) is 28.4 Å². The van der Waals surface area contributed by atoms with Crippen LogP contribution in [0.4, 0.5) is 0 Å². The number of carbonyl (C=O) groups excluding carboxylic acids is 1. The number of benzene rings is 3. The molecule has 3 aromatic rings. The van der Waals surface area contributed by atoms with Crippen LogP contribution in [-0.2, 0) is 24.1 Å². The summed E-state index contributed by atoms with van der Waals surface area (Å²) in [6, 6.07) is 18.2. The molecular formula is C38H50ClN3O9. The molecule has 5 atom stereocenters. The summed E-state index contributed by atoms with van der Waals surface area (Å²) in [7, 11) is 2.06. The first-order valence-corrected chi connectivity index (χ1v) is 18.6. The first-order chi connectivity index (χ1) is 24.4. The van der Waals surface area contributed by atoms with Gasteiger partial charge in [0.05, 0.1) is 55.4 Å². The Morgan fingerprint density at radius 3 is 1.96 bits per heavy atom. The van der Waals surface area contributed by atoms with Crippen molar-refractivity contribution in [2.24, 2.45) is 17.6 Å². The van der Waals surface area contributed by atoms with Crippen molar-refractivity contribution in [2.45, 2.75) is 63.6 Å². The van der Waals surface area contributed by atoms with E-state index >= 15 is 0 Å². The molecule has 3 aliphatic rings. The van der Waals surface area contributed by atoms with Crippen molar-refractivity contribution in [3.63, 3.8) is 0 Å². The van der Waals surface area contributed by atoms with E-state index in [1.165, 1.54) is 16.7 Å². The van der Waals surface area contributed by atoms with E-state index in [0.29, 0.717) is 36.6 Å². The van der Waals surface area contributed by atoms with E-state index in [0.717, 1.165) is 73.6 Å². The van der Waals surface area contributed by atoms with E-state index in [1.807, 2.05) is 30.3 Å². The maximum absolute atomic E-state index is 14.2. The normalized spacial score (nSPS) is 22.0. The van der Waals surface area contributed by atoms with Crippen LogP contribution in [-0.4, -0.2) is 74.5 Å². The average Bonchev–Trinajstić information content (AvgIpc) is 3.12. The highest BCUT2D eigenvalue weighted by Gasteiger charge is 2.42. The Hall–Kier alpha value is -3.62. The molecule has 0 aromatic heterocycles. The maximum atomic E-state index is 14.2. The zero-order valence-corrected chi connectivity index (χ0v) is 30.8. The number of rotatable bonds is 10. The summed E-state index contributed by atoms with van der Waals surface area (Å²) in [4.78, 5) is 19.0. The monoisotopic (exact) mass is 727 g/mol. The molecule has 3 heterocycles. The van der Waals surface area contributed by atoms with Gasteiger partial charge < -0.3 is 29.6 Å². The fourth-order valence-corrected chi connectivity index (χ4v) is 8.26. The molecule has 0 aliphatic carbocycles. The predicted molar refractivity (Wildman–Crippen MR) is 182 cm³/mol. The van der Waals surface area contributed by atoms with Crippen LogP contribution in [0.5, 0.6) is 23.0 Å². The molecule has 13 heteroatoms. The number of fused-ring (bicyclic) bond motifs is 4. The number of carbonyl (C=O) groups is 1. The Kier molecular flexibility index (Phi) is 12.7. The lowest BCUT2D eigenvalue weighted by Crippen LogP contribution is -2.58. The van der Waals surface area contributed by atoms with Gasteiger partial charge in [-0.3, -0.25) is 9.69 Å². The van der Waals surface area contributed by atoms with Crippen molar-refractivity contribution in [1.82, 2.24) is 9.80 Å². The summed E-state index contributed by atoms with van der Waals surface area (Å²) < 4.78 is 55.6. The van der Waals surface area contributed by atoms with Crippen molar-refractivity contribution in [1.29, 1.82) is 0 Å². The minimum atomic E-state index is -4.69. The summed E-state index contributed by atoms with van der Waals surface area (Å²) in [5.41, 5.74) is 12.8. The number of hydrogen-bond donors (Lipinski definition) is 2. The van der Waals surface area contributed by atoms with Gasteiger partial charge in [0.25, 0.3) is 0 Å². The largest absolute Gasteiger partial charge is 0.493 e. The van der Waals surface area contributed by atoms with Gasteiger partial charge in [0.1, 0.15) is 0 Å². The van der Waals surface area contributed by atoms with E-state index < -0.39 is 16.3 Å². The van der Waals surface area contributed by atoms with E-state index in [9.17, 15) is 4.79 Å². The zero-order chi connectivity index (χ0) is 36.9. The van der Waals surface area contributed by atoms with Gasteiger partial charge >= 0.3 is 0 Å². The third-order valence-corrected chi connectivity index (χ3v) is 10.7. The van der Waals surface area contributed by atoms with Gasteiger partial charge in [0, 0.05) is 25.7 Å². The second kappa shape index (κ2) is 16.8. The first-order valence-electron chi connectivity index (χ1n) is 17.4. The molecule has 0 radical (unpaired) electrons. The van der Waals surface area contributed by atoms with Crippen LogP contribution >= 0.6 is 0 Å². The summed E-state index contributed by atoms with van der Waals surface area (Å²) in [6.07, 6.45) is 5.27. The fraction of sp³-hybridized carbons (Fsp3) is 0.500. The van der Waals surface area contributed by atoms with Gasteiger partial charge in [-0.25, -0.2) is 0 Å². The lowest BCUT2D eigenvalue weighted by molar-refractivity contribution is -1.92. The van der Waals surface area contributed by atoms with Crippen LogP contribution in [0.2, 0.25) is 0 Å². The first kappa shape index (κ1) is 38.6. The summed E-state index contributed by atoms with van der Waals surface area (Å²) in [6.45, 7) is 5.03. The molecule has 278 valence electrons. The van der Waals surface area contributed by atoms with Gasteiger partial charge in [-0.15, -0.1) is 0 Å². The molecule has 12 nitrogen and oxygen atoms in total. The number of nitrogens with two attached hydrogens (primary N) is 1. The van der Waals surface area contributed by atoms with Crippen molar-refractivity contribution in [3.05, 3.63) is 82.4 Å². The van der Waals surface area contributed by atoms with Crippen LogP contribution in [0.15, 0.2) is 54.6 Å². The van der Waals surface area contributed by atoms with Crippen LogP contribution in [0, 0.1) is 22.1 Å². The average molecular weight is 728 g/mol. The number of halogens is 1. The maximum Gasteiger partial charge on any atom is 0.240 e. The molecule has 3 aromatic carbocycles. The molecule has 1 fully saturated rings. The molecule has 0 bridgehead atoms. The molecule has 51 heavy (non-hydrogen) atoms. The van der Waals surface area contributed by atoms with Crippen molar-refractivity contribution < 1.29 is 52.6 Å². The van der Waals surface area contributed by atoms with Gasteiger partial charge in [-0.1, -0.05) is 43.7 Å². The quantitative estimate of drug-likeness (QED) is 0.311. The highest BCUT2D eigenvalue weighted by Crippen LogP contribution is 2.49. The second-order valence-electron chi connectivity index (χ2n) is 13.5. The number of ether oxygens (including phenoxy) is 4. The molecule has 5 unspecified atom stereocenters.